The van der Waals surface area contributed by atoms with Gasteiger partial charge in [-0.1, -0.05) is 12.1 Å². The standard InChI is InChI=1S/C17H14N4O2/c22-17-14-5-2-8-18-16(14)15(19-21(17)10-11-6-7-11)12-3-1-4-13(9-12)20-23/h1-5,8-9,11H,6-7,10H2. The number of pyridine rings is 1. The Labute approximate surface area is 131 Å². The Bertz CT molecular complexity index is 960. The van der Waals surface area contributed by atoms with Crippen LogP contribution in [0.25, 0.3) is 22.2 Å². The van der Waals surface area contributed by atoms with Crippen LogP contribution in [0.3, 0.4) is 0 Å². The van der Waals surface area contributed by atoms with Crippen LogP contribution in [0, 0.1) is 10.8 Å². The third-order valence-corrected chi connectivity index (χ3v) is 4.07. The zero-order chi connectivity index (χ0) is 15.8. The number of hydrogen-bond donors (Lipinski definition) is 0. The molecular weight excluding hydrogens is 292 g/mol. The van der Waals surface area contributed by atoms with Crippen molar-refractivity contribution in [3.8, 4) is 11.3 Å². The van der Waals surface area contributed by atoms with Crippen LogP contribution < -0.4 is 5.56 Å². The Hall–Kier alpha value is -2.89. The average Bonchev–Trinajstić information content (AvgIpc) is 3.41. The van der Waals surface area contributed by atoms with Crippen molar-refractivity contribution < 1.29 is 0 Å². The van der Waals surface area contributed by atoms with Gasteiger partial charge in [-0.05, 0) is 48.2 Å². The topological polar surface area (TPSA) is 77.2 Å². The lowest BCUT2D eigenvalue weighted by molar-refractivity contribution is 0.540. The van der Waals surface area contributed by atoms with Crippen LogP contribution in [-0.2, 0) is 6.54 Å². The number of nitroso groups, excluding NO2 is 1. The lowest BCUT2D eigenvalue weighted by atomic mass is 10.1. The highest BCUT2D eigenvalue weighted by Gasteiger charge is 2.24. The van der Waals surface area contributed by atoms with Crippen molar-refractivity contribution in [3.63, 3.8) is 0 Å². The van der Waals surface area contributed by atoms with Gasteiger partial charge in [0.15, 0.2) is 0 Å². The van der Waals surface area contributed by atoms with Gasteiger partial charge in [-0.2, -0.15) is 5.10 Å². The highest BCUT2D eigenvalue weighted by Crippen LogP contribution is 2.31. The smallest absolute Gasteiger partial charge is 0.267 e. The number of fused-ring (bicyclic) bond motifs is 1. The molecule has 0 atom stereocenters. The molecule has 1 fully saturated rings. The minimum Gasteiger partial charge on any atom is -0.267 e. The summed E-state index contributed by atoms with van der Waals surface area (Å²) in [7, 11) is 0. The van der Waals surface area contributed by atoms with Crippen LogP contribution >= 0.6 is 0 Å². The zero-order valence-electron chi connectivity index (χ0n) is 12.3. The fraction of sp³-hybridized carbons (Fsp3) is 0.235. The maximum Gasteiger partial charge on any atom is 0.276 e. The van der Waals surface area contributed by atoms with E-state index in [9.17, 15) is 9.70 Å². The van der Waals surface area contributed by atoms with E-state index in [0.717, 1.165) is 18.4 Å². The second kappa shape index (κ2) is 5.39. The van der Waals surface area contributed by atoms with Gasteiger partial charge in [0.25, 0.3) is 5.56 Å². The molecule has 1 aliphatic carbocycles. The molecule has 0 saturated heterocycles. The van der Waals surface area contributed by atoms with Crippen LogP contribution in [0.1, 0.15) is 12.8 Å². The minimum absolute atomic E-state index is 0.117. The van der Waals surface area contributed by atoms with Crippen LogP contribution in [0.4, 0.5) is 5.69 Å². The lowest BCUT2D eigenvalue weighted by Crippen LogP contribution is -2.25. The van der Waals surface area contributed by atoms with Gasteiger partial charge in [-0.3, -0.25) is 9.78 Å². The van der Waals surface area contributed by atoms with Crippen molar-refractivity contribution >= 4 is 16.6 Å². The summed E-state index contributed by atoms with van der Waals surface area (Å²) >= 11 is 0. The lowest BCUT2D eigenvalue weighted by Gasteiger charge is -2.10. The van der Waals surface area contributed by atoms with Crippen molar-refractivity contribution in [2.45, 2.75) is 19.4 Å². The highest BCUT2D eigenvalue weighted by molar-refractivity contribution is 5.90. The number of nitrogens with zero attached hydrogens (tertiary/aromatic N) is 4. The van der Waals surface area contributed by atoms with Crippen molar-refractivity contribution in [2.75, 3.05) is 0 Å². The summed E-state index contributed by atoms with van der Waals surface area (Å²) in [6.07, 6.45) is 3.91. The maximum atomic E-state index is 12.6. The van der Waals surface area contributed by atoms with Gasteiger partial charge in [0.05, 0.1) is 5.39 Å². The van der Waals surface area contributed by atoms with Crippen molar-refractivity contribution in [1.29, 1.82) is 0 Å². The monoisotopic (exact) mass is 306 g/mol. The van der Waals surface area contributed by atoms with E-state index in [1.165, 1.54) is 4.68 Å². The van der Waals surface area contributed by atoms with E-state index in [4.69, 9.17) is 0 Å². The molecule has 114 valence electrons. The van der Waals surface area contributed by atoms with Gasteiger partial charge in [-0.25, -0.2) is 4.68 Å². The number of hydrogen-bond acceptors (Lipinski definition) is 5. The number of rotatable bonds is 4. The average molecular weight is 306 g/mol. The molecule has 4 rings (SSSR count). The molecule has 1 saturated carbocycles. The highest BCUT2D eigenvalue weighted by atomic mass is 16.3. The quantitative estimate of drug-likeness (QED) is 0.693. The van der Waals surface area contributed by atoms with Crippen LogP contribution in [0.2, 0.25) is 0 Å². The van der Waals surface area contributed by atoms with Crippen LogP contribution in [0.5, 0.6) is 0 Å². The Morgan fingerprint density at radius 3 is 2.87 bits per heavy atom. The molecule has 2 heterocycles. The first kappa shape index (κ1) is 13.8. The fourth-order valence-electron chi connectivity index (χ4n) is 2.69. The molecule has 2 aromatic heterocycles. The minimum atomic E-state index is -0.117. The molecule has 1 aromatic carbocycles. The molecule has 0 aliphatic heterocycles. The third kappa shape index (κ3) is 2.52. The summed E-state index contributed by atoms with van der Waals surface area (Å²) in [5.41, 5.74) is 2.09. The summed E-state index contributed by atoms with van der Waals surface area (Å²) in [6.45, 7) is 0.627. The first-order valence-corrected chi connectivity index (χ1v) is 7.56. The zero-order valence-corrected chi connectivity index (χ0v) is 12.3. The predicted octanol–water partition coefficient (Wildman–Crippen LogP) is 3.27. The first-order chi connectivity index (χ1) is 11.3. The maximum absolute atomic E-state index is 12.6. The van der Waals surface area contributed by atoms with Crippen molar-refractivity contribution in [1.82, 2.24) is 14.8 Å². The second-order valence-corrected chi connectivity index (χ2v) is 5.82. The molecule has 0 bridgehead atoms. The van der Waals surface area contributed by atoms with Gasteiger partial charge in [0.2, 0.25) is 0 Å². The molecule has 3 aromatic rings. The SMILES string of the molecule is O=Nc1cccc(-c2nn(CC3CC3)c(=O)c3cccnc23)c1. The molecule has 1 aliphatic rings. The third-order valence-electron chi connectivity index (χ3n) is 4.07. The molecule has 0 radical (unpaired) electrons. The summed E-state index contributed by atoms with van der Waals surface area (Å²) < 4.78 is 1.53. The first-order valence-electron chi connectivity index (χ1n) is 7.56. The van der Waals surface area contributed by atoms with E-state index in [1.807, 2.05) is 6.07 Å². The van der Waals surface area contributed by atoms with Gasteiger partial charge in [0.1, 0.15) is 16.9 Å². The van der Waals surface area contributed by atoms with Crippen molar-refractivity contribution in [3.05, 3.63) is 57.9 Å². The summed E-state index contributed by atoms with van der Waals surface area (Å²) in [6, 6.07) is 10.4. The summed E-state index contributed by atoms with van der Waals surface area (Å²) in [5.74, 6) is 0.533. The van der Waals surface area contributed by atoms with Gasteiger partial charge in [-0.15, -0.1) is 4.91 Å². The van der Waals surface area contributed by atoms with E-state index in [0.29, 0.717) is 34.7 Å². The molecule has 23 heavy (non-hydrogen) atoms. The fourth-order valence-corrected chi connectivity index (χ4v) is 2.69. The van der Waals surface area contributed by atoms with E-state index >= 15 is 0 Å². The Morgan fingerprint density at radius 1 is 1.22 bits per heavy atom. The molecular formula is C17H14N4O2. The Morgan fingerprint density at radius 2 is 2.09 bits per heavy atom. The van der Waals surface area contributed by atoms with E-state index in [1.54, 1.807) is 36.5 Å². The second-order valence-electron chi connectivity index (χ2n) is 5.82. The Balaban J connectivity index is 1.98. The van der Waals surface area contributed by atoms with Gasteiger partial charge >= 0.3 is 0 Å². The van der Waals surface area contributed by atoms with E-state index < -0.39 is 0 Å². The number of benzene rings is 1. The van der Waals surface area contributed by atoms with E-state index in [2.05, 4.69) is 15.3 Å². The van der Waals surface area contributed by atoms with Crippen molar-refractivity contribution in [2.24, 2.45) is 11.1 Å². The van der Waals surface area contributed by atoms with Gasteiger partial charge < -0.3 is 0 Å². The normalized spacial score (nSPS) is 14.1. The molecule has 6 heteroatoms. The number of aromatic nitrogens is 3. The van der Waals surface area contributed by atoms with Gasteiger partial charge in [0, 0.05) is 18.3 Å². The molecule has 0 N–H and O–H groups in total. The largest absolute Gasteiger partial charge is 0.276 e. The van der Waals surface area contributed by atoms with Crippen LogP contribution in [-0.4, -0.2) is 14.8 Å². The van der Waals surface area contributed by atoms with E-state index in [-0.39, 0.29) is 5.56 Å². The molecule has 6 nitrogen and oxygen atoms in total. The molecule has 0 amide bonds. The predicted molar refractivity (Wildman–Crippen MR) is 87.4 cm³/mol. The van der Waals surface area contributed by atoms with Crippen LogP contribution in [0.15, 0.2) is 52.6 Å². The summed E-state index contributed by atoms with van der Waals surface area (Å²) in [4.78, 5) is 27.7. The molecule has 0 unspecified atom stereocenters. The summed E-state index contributed by atoms with van der Waals surface area (Å²) in [5, 5.41) is 8.04. The Kier molecular flexibility index (Phi) is 3.22. The molecule has 0 spiro atoms.